The fourth-order valence-corrected chi connectivity index (χ4v) is 3.78. The van der Waals surface area contributed by atoms with E-state index in [4.69, 9.17) is 23.1 Å². The number of halogens is 2. The minimum absolute atomic E-state index is 0.0422. The lowest BCUT2D eigenvalue weighted by atomic mass is 10.0. The minimum Gasteiger partial charge on any atom is -0.370 e. The lowest BCUT2D eigenvalue weighted by Crippen LogP contribution is -2.40. The van der Waals surface area contributed by atoms with E-state index < -0.39 is 23.7 Å². The molecule has 0 fully saturated rings. The highest BCUT2D eigenvalue weighted by Gasteiger charge is 2.34. The molecule has 0 aromatic heterocycles. The largest absolute Gasteiger partial charge is 0.370 e. The van der Waals surface area contributed by atoms with Crippen LogP contribution < -0.4 is 27.4 Å². The Kier molecular flexibility index (Phi) is 7.09. The maximum absolute atomic E-state index is 13.6. The van der Waals surface area contributed by atoms with Crippen molar-refractivity contribution in [2.75, 3.05) is 18.9 Å². The molecule has 0 aliphatic heterocycles. The zero-order valence-electron chi connectivity index (χ0n) is 16.9. The van der Waals surface area contributed by atoms with Crippen LogP contribution in [0, 0.1) is 11.7 Å². The summed E-state index contributed by atoms with van der Waals surface area (Å²) in [6.45, 7) is 1.01. The third-order valence-electron chi connectivity index (χ3n) is 5.06. The first kappa shape index (κ1) is 22.5. The van der Waals surface area contributed by atoms with Crippen LogP contribution in [0.4, 0.5) is 10.1 Å². The summed E-state index contributed by atoms with van der Waals surface area (Å²) in [6.07, 6.45) is 0.651. The van der Waals surface area contributed by atoms with Crippen LogP contribution in [0.5, 0.6) is 0 Å². The number of rotatable bonds is 6. The Balaban J connectivity index is 1.77. The topological polar surface area (TPSA) is 135 Å². The molecule has 0 heterocycles. The summed E-state index contributed by atoms with van der Waals surface area (Å²) in [4.78, 5) is 29.0. The van der Waals surface area contributed by atoms with Crippen molar-refractivity contribution in [2.24, 2.45) is 22.4 Å². The van der Waals surface area contributed by atoms with Gasteiger partial charge in [0.05, 0.1) is 11.1 Å². The minimum atomic E-state index is -0.914. The third-order valence-corrected chi connectivity index (χ3v) is 5.36. The average molecular weight is 447 g/mol. The molecule has 10 heteroatoms. The average Bonchev–Trinajstić information content (AvgIpc) is 3.06. The van der Waals surface area contributed by atoms with Crippen molar-refractivity contribution < 1.29 is 14.0 Å². The van der Waals surface area contributed by atoms with Gasteiger partial charge in [-0.1, -0.05) is 29.8 Å². The molecule has 2 aromatic rings. The molecule has 0 bridgehead atoms. The van der Waals surface area contributed by atoms with E-state index in [0.29, 0.717) is 19.5 Å². The van der Waals surface area contributed by atoms with Crippen LogP contribution in [-0.2, 0) is 22.6 Å². The van der Waals surface area contributed by atoms with Crippen LogP contribution >= 0.6 is 11.6 Å². The first-order valence-corrected chi connectivity index (χ1v) is 10.0. The number of nitrogens with one attached hydrogen (secondary N) is 3. The van der Waals surface area contributed by atoms with Crippen molar-refractivity contribution in [2.45, 2.75) is 19.0 Å². The van der Waals surface area contributed by atoms with Gasteiger partial charge in [-0.05, 0) is 48.4 Å². The van der Waals surface area contributed by atoms with Gasteiger partial charge < -0.3 is 27.4 Å². The van der Waals surface area contributed by atoms with E-state index >= 15 is 0 Å². The molecule has 31 heavy (non-hydrogen) atoms. The summed E-state index contributed by atoms with van der Waals surface area (Å²) in [7, 11) is 1.86. The lowest BCUT2D eigenvalue weighted by Gasteiger charge is -2.20. The number of aliphatic imine (C=N–C) groups is 1. The van der Waals surface area contributed by atoms with Crippen molar-refractivity contribution >= 4 is 35.1 Å². The molecule has 0 saturated heterocycles. The Morgan fingerprint density at radius 3 is 2.65 bits per heavy atom. The van der Waals surface area contributed by atoms with Crippen LogP contribution in [0.1, 0.15) is 22.7 Å². The Bertz CT molecular complexity index is 1020. The van der Waals surface area contributed by atoms with Gasteiger partial charge in [0.25, 0.3) is 0 Å². The third kappa shape index (κ3) is 5.50. The number of hydrogen-bond acceptors (Lipinski definition) is 4. The summed E-state index contributed by atoms with van der Waals surface area (Å²) in [5, 5.41) is 8.17. The van der Waals surface area contributed by atoms with E-state index in [2.05, 4.69) is 27.0 Å². The van der Waals surface area contributed by atoms with Crippen LogP contribution in [0.25, 0.3) is 0 Å². The van der Waals surface area contributed by atoms with Crippen LogP contribution in [0.3, 0.4) is 0 Å². The van der Waals surface area contributed by atoms with Gasteiger partial charge in [0, 0.05) is 24.7 Å². The summed E-state index contributed by atoms with van der Waals surface area (Å²) in [5.41, 5.74) is 14.2. The van der Waals surface area contributed by atoms with E-state index in [1.165, 1.54) is 12.1 Å². The smallest absolute Gasteiger partial charge is 0.313 e. The van der Waals surface area contributed by atoms with Gasteiger partial charge in [0.1, 0.15) is 5.82 Å². The van der Waals surface area contributed by atoms with Crippen molar-refractivity contribution in [1.82, 2.24) is 10.6 Å². The molecule has 1 aliphatic rings. The number of benzene rings is 2. The zero-order chi connectivity index (χ0) is 22.5. The van der Waals surface area contributed by atoms with Crippen LogP contribution in [0.15, 0.2) is 41.4 Å². The van der Waals surface area contributed by atoms with Gasteiger partial charge in [0.15, 0.2) is 5.96 Å². The van der Waals surface area contributed by atoms with Crippen molar-refractivity contribution in [3.05, 3.63) is 63.9 Å². The van der Waals surface area contributed by atoms with E-state index in [0.717, 1.165) is 22.8 Å². The van der Waals surface area contributed by atoms with Crippen molar-refractivity contribution in [3.63, 3.8) is 0 Å². The normalized spacial score (nSPS) is 17.0. The zero-order valence-corrected chi connectivity index (χ0v) is 17.7. The Hall–Kier alpha value is -3.17. The monoisotopic (exact) mass is 446 g/mol. The number of anilines is 1. The molecule has 2 atom stereocenters. The maximum atomic E-state index is 13.6. The molecule has 7 N–H and O–H groups in total. The molecule has 1 aliphatic carbocycles. The fourth-order valence-electron chi connectivity index (χ4n) is 3.66. The van der Waals surface area contributed by atoms with E-state index in [1.54, 1.807) is 0 Å². The van der Waals surface area contributed by atoms with Gasteiger partial charge in [-0.25, -0.2) is 4.39 Å². The van der Waals surface area contributed by atoms with Gasteiger partial charge in [-0.15, -0.1) is 0 Å². The Morgan fingerprint density at radius 2 is 1.97 bits per heavy atom. The summed E-state index contributed by atoms with van der Waals surface area (Å²) < 4.78 is 13.6. The van der Waals surface area contributed by atoms with E-state index in [9.17, 15) is 14.0 Å². The van der Waals surface area contributed by atoms with Gasteiger partial charge in [0.2, 0.25) is 0 Å². The van der Waals surface area contributed by atoms with Crippen molar-refractivity contribution in [3.8, 4) is 0 Å². The van der Waals surface area contributed by atoms with Gasteiger partial charge >= 0.3 is 11.8 Å². The molecule has 0 spiro atoms. The number of carbonyl (C=O) groups excluding carboxylic acids is 2. The predicted molar refractivity (Wildman–Crippen MR) is 118 cm³/mol. The summed E-state index contributed by atoms with van der Waals surface area (Å²) in [6, 6.07) is 9.28. The molecule has 2 amide bonds. The molecule has 0 radical (unpaired) electrons. The number of carbonyl (C=O) groups is 2. The fraction of sp³-hybridized carbons (Fsp3) is 0.286. The second-order valence-corrected chi connectivity index (χ2v) is 7.73. The number of nitrogens with zero attached hydrogens (tertiary/aromatic N) is 1. The number of hydrogen-bond donors (Lipinski definition) is 5. The van der Waals surface area contributed by atoms with Crippen LogP contribution in [0.2, 0.25) is 5.02 Å². The molecule has 164 valence electrons. The molecule has 3 rings (SSSR count). The first-order chi connectivity index (χ1) is 14.8. The Labute approximate surface area is 184 Å². The van der Waals surface area contributed by atoms with Gasteiger partial charge in [-0.2, -0.15) is 0 Å². The van der Waals surface area contributed by atoms with E-state index in [-0.39, 0.29) is 22.6 Å². The second kappa shape index (κ2) is 9.76. The standard InChI is InChI=1S/C21H24ClFN6O2/c1-26-9-11-2-4-15-12(6-11)7-13(10-27-21(24)25)18(15)29-20(31)19(30)28-14-3-5-16(22)17(23)8-14/h2-6,8,13,18,26H,7,9-10H2,1H3,(H,28,30)(H,29,31)(H4,24,25,27)/t13-,18-/m1/s1. The second-order valence-electron chi connectivity index (χ2n) is 7.33. The number of fused-ring (bicyclic) bond motifs is 1. The van der Waals surface area contributed by atoms with E-state index in [1.807, 2.05) is 19.2 Å². The summed E-state index contributed by atoms with van der Waals surface area (Å²) in [5.74, 6) is -2.62. The molecule has 8 nitrogen and oxygen atoms in total. The molecule has 0 unspecified atom stereocenters. The predicted octanol–water partition coefficient (Wildman–Crippen LogP) is 1.44. The number of amides is 2. The number of nitrogens with two attached hydrogens (primary N) is 2. The number of guanidine groups is 1. The highest BCUT2D eigenvalue weighted by atomic mass is 35.5. The molecular weight excluding hydrogens is 423 g/mol. The van der Waals surface area contributed by atoms with Crippen LogP contribution in [-0.4, -0.2) is 31.4 Å². The highest BCUT2D eigenvalue weighted by Crippen LogP contribution is 2.37. The Morgan fingerprint density at radius 1 is 1.19 bits per heavy atom. The quantitative estimate of drug-likeness (QED) is 0.260. The highest BCUT2D eigenvalue weighted by molar-refractivity contribution is 6.39. The molecule has 0 saturated carbocycles. The van der Waals surface area contributed by atoms with Gasteiger partial charge in [-0.3, -0.25) is 14.6 Å². The van der Waals surface area contributed by atoms with Crippen molar-refractivity contribution in [1.29, 1.82) is 0 Å². The maximum Gasteiger partial charge on any atom is 0.313 e. The molecule has 2 aromatic carbocycles. The lowest BCUT2D eigenvalue weighted by molar-refractivity contribution is -0.136. The SMILES string of the molecule is CNCc1ccc2c(c1)C[C@H](CN=C(N)N)[C@H]2NC(=O)C(=O)Nc1ccc(Cl)c(F)c1. The summed E-state index contributed by atoms with van der Waals surface area (Å²) >= 11 is 5.64. The first-order valence-electron chi connectivity index (χ1n) is 9.67. The molecular formula is C21H24ClFN6O2.